The van der Waals surface area contributed by atoms with Crippen LogP contribution in [0.25, 0.3) is 0 Å². The fourth-order valence-electron chi connectivity index (χ4n) is 3.14. The van der Waals surface area contributed by atoms with Gasteiger partial charge in [0.1, 0.15) is 0 Å². The molecule has 0 bridgehead atoms. The summed E-state index contributed by atoms with van der Waals surface area (Å²) in [5.41, 5.74) is 0. The van der Waals surface area contributed by atoms with Crippen LogP contribution in [0.1, 0.15) is 27.2 Å². The summed E-state index contributed by atoms with van der Waals surface area (Å²) in [7, 11) is 0. The summed E-state index contributed by atoms with van der Waals surface area (Å²) < 4.78 is 5.93. The summed E-state index contributed by atoms with van der Waals surface area (Å²) in [6.07, 6.45) is 1.67. The number of nitrogens with zero attached hydrogens (tertiary/aromatic N) is 2. The van der Waals surface area contributed by atoms with Gasteiger partial charge in [-0.25, -0.2) is 0 Å². The zero-order valence-electron chi connectivity index (χ0n) is 12.9. The third-order valence-electron chi connectivity index (χ3n) is 4.75. The number of hydrogen-bond donors (Lipinski definition) is 1. The van der Waals surface area contributed by atoms with Crippen molar-refractivity contribution in [3.63, 3.8) is 0 Å². The first-order chi connectivity index (χ1) is 9.22. The van der Waals surface area contributed by atoms with Crippen LogP contribution >= 0.6 is 0 Å². The molecule has 2 rings (SSSR count). The van der Waals surface area contributed by atoms with E-state index in [-0.39, 0.29) is 0 Å². The highest BCUT2D eigenvalue weighted by molar-refractivity contribution is 4.84. The highest BCUT2D eigenvalue weighted by Crippen LogP contribution is 2.14. The molecule has 3 atom stereocenters. The first-order valence-electron chi connectivity index (χ1n) is 8.02. The standard InChI is InChI=1S/C15H31N3O/c1-4-13(3)15-12-18(7-6-16-15)11-14-10-17(5-2)8-9-19-14/h13-16H,4-12H2,1-3H3. The number of piperazine rings is 1. The van der Waals surface area contributed by atoms with Gasteiger partial charge in [-0.05, 0) is 12.5 Å². The monoisotopic (exact) mass is 269 g/mol. The van der Waals surface area contributed by atoms with Crippen molar-refractivity contribution < 1.29 is 4.74 Å². The SMILES string of the molecule is CCC(C)C1CN(CC2CN(CC)CCO2)CCN1. The Labute approximate surface area is 118 Å². The summed E-state index contributed by atoms with van der Waals surface area (Å²) >= 11 is 0. The molecule has 4 heteroatoms. The molecule has 2 aliphatic heterocycles. The molecule has 2 saturated heterocycles. The number of rotatable bonds is 5. The maximum absolute atomic E-state index is 5.93. The van der Waals surface area contributed by atoms with E-state index in [1.807, 2.05) is 0 Å². The molecule has 2 aliphatic rings. The lowest BCUT2D eigenvalue weighted by atomic mass is 9.97. The molecule has 0 aromatic rings. The van der Waals surface area contributed by atoms with Crippen molar-refractivity contribution in [2.75, 3.05) is 52.4 Å². The fraction of sp³-hybridized carbons (Fsp3) is 1.00. The molecule has 0 aliphatic carbocycles. The smallest absolute Gasteiger partial charge is 0.0829 e. The van der Waals surface area contributed by atoms with Gasteiger partial charge in [0.15, 0.2) is 0 Å². The quantitative estimate of drug-likeness (QED) is 0.807. The first-order valence-corrected chi connectivity index (χ1v) is 8.02. The average Bonchev–Trinajstić information content (AvgIpc) is 2.47. The Morgan fingerprint density at radius 1 is 1.21 bits per heavy atom. The normalized spacial score (nSPS) is 32.4. The number of ether oxygens (including phenoxy) is 1. The van der Waals surface area contributed by atoms with Crippen molar-refractivity contribution in [3.05, 3.63) is 0 Å². The molecule has 19 heavy (non-hydrogen) atoms. The van der Waals surface area contributed by atoms with Gasteiger partial charge in [0.2, 0.25) is 0 Å². The van der Waals surface area contributed by atoms with Crippen LogP contribution in [0.5, 0.6) is 0 Å². The molecule has 3 unspecified atom stereocenters. The van der Waals surface area contributed by atoms with E-state index in [0.29, 0.717) is 12.1 Å². The highest BCUT2D eigenvalue weighted by Gasteiger charge is 2.27. The predicted molar refractivity (Wildman–Crippen MR) is 79.5 cm³/mol. The highest BCUT2D eigenvalue weighted by atomic mass is 16.5. The zero-order chi connectivity index (χ0) is 13.7. The molecular weight excluding hydrogens is 238 g/mol. The van der Waals surface area contributed by atoms with E-state index in [0.717, 1.165) is 45.2 Å². The van der Waals surface area contributed by atoms with Crippen molar-refractivity contribution in [1.82, 2.24) is 15.1 Å². The van der Waals surface area contributed by atoms with Crippen LogP contribution in [-0.2, 0) is 4.74 Å². The van der Waals surface area contributed by atoms with Crippen molar-refractivity contribution in [1.29, 1.82) is 0 Å². The second kappa shape index (κ2) is 7.58. The Morgan fingerprint density at radius 2 is 2.05 bits per heavy atom. The average molecular weight is 269 g/mol. The molecule has 0 saturated carbocycles. The Bertz CT molecular complexity index is 262. The van der Waals surface area contributed by atoms with Gasteiger partial charge in [-0.2, -0.15) is 0 Å². The van der Waals surface area contributed by atoms with E-state index in [1.165, 1.54) is 19.5 Å². The Balaban J connectivity index is 1.78. The summed E-state index contributed by atoms with van der Waals surface area (Å²) in [6, 6.07) is 0.657. The zero-order valence-corrected chi connectivity index (χ0v) is 12.9. The molecule has 0 aromatic heterocycles. The van der Waals surface area contributed by atoms with Gasteiger partial charge in [-0.3, -0.25) is 9.80 Å². The molecule has 0 aromatic carbocycles. The Kier molecular flexibility index (Phi) is 6.07. The number of likely N-dealkylation sites (N-methyl/N-ethyl adjacent to an activating group) is 1. The summed E-state index contributed by atoms with van der Waals surface area (Å²) in [5.74, 6) is 0.766. The minimum Gasteiger partial charge on any atom is -0.374 e. The lowest BCUT2D eigenvalue weighted by Crippen LogP contribution is -2.56. The number of morpholine rings is 1. The minimum absolute atomic E-state index is 0.407. The first kappa shape index (κ1) is 15.2. The Hall–Kier alpha value is -0.160. The topological polar surface area (TPSA) is 27.7 Å². The molecule has 4 nitrogen and oxygen atoms in total. The van der Waals surface area contributed by atoms with Crippen LogP contribution in [0.3, 0.4) is 0 Å². The molecule has 0 spiro atoms. The molecule has 2 fully saturated rings. The third-order valence-corrected chi connectivity index (χ3v) is 4.75. The fourth-order valence-corrected chi connectivity index (χ4v) is 3.14. The maximum Gasteiger partial charge on any atom is 0.0829 e. The van der Waals surface area contributed by atoms with Gasteiger partial charge in [0.05, 0.1) is 12.7 Å². The summed E-state index contributed by atoms with van der Waals surface area (Å²) in [5, 5.41) is 3.66. The van der Waals surface area contributed by atoms with E-state index >= 15 is 0 Å². The Morgan fingerprint density at radius 3 is 2.79 bits per heavy atom. The van der Waals surface area contributed by atoms with E-state index in [1.54, 1.807) is 0 Å². The summed E-state index contributed by atoms with van der Waals surface area (Å²) in [6.45, 7) is 15.7. The molecule has 2 heterocycles. The maximum atomic E-state index is 5.93. The predicted octanol–water partition coefficient (Wildman–Crippen LogP) is 1.03. The third kappa shape index (κ3) is 4.42. The molecule has 0 radical (unpaired) electrons. The summed E-state index contributed by atoms with van der Waals surface area (Å²) in [4.78, 5) is 5.10. The van der Waals surface area contributed by atoms with Crippen LogP contribution in [0.4, 0.5) is 0 Å². The van der Waals surface area contributed by atoms with Crippen LogP contribution in [0.2, 0.25) is 0 Å². The van der Waals surface area contributed by atoms with Gasteiger partial charge in [-0.1, -0.05) is 27.2 Å². The van der Waals surface area contributed by atoms with E-state index in [9.17, 15) is 0 Å². The second-order valence-electron chi connectivity index (χ2n) is 6.09. The molecule has 112 valence electrons. The van der Waals surface area contributed by atoms with Crippen molar-refractivity contribution in [2.45, 2.75) is 39.3 Å². The molecule has 1 N–H and O–H groups in total. The van der Waals surface area contributed by atoms with Crippen molar-refractivity contribution >= 4 is 0 Å². The lowest BCUT2D eigenvalue weighted by Gasteiger charge is -2.40. The van der Waals surface area contributed by atoms with Gasteiger partial charge in [0.25, 0.3) is 0 Å². The number of nitrogens with one attached hydrogen (secondary N) is 1. The van der Waals surface area contributed by atoms with Crippen LogP contribution in [-0.4, -0.2) is 74.4 Å². The van der Waals surface area contributed by atoms with Crippen molar-refractivity contribution in [2.24, 2.45) is 5.92 Å². The number of hydrogen-bond acceptors (Lipinski definition) is 4. The van der Waals surface area contributed by atoms with Crippen LogP contribution in [0.15, 0.2) is 0 Å². The van der Waals surface area contributed by atoms with E-state index in [2.05, 4.69) is 35.9 Å². The van der Waals surface area contributed by atoms with Gasteiger partial charge in [0, 0.05) is 45.3 Å². The van der Waals surface area contributed by atoms with E-state index < -0.39 is 0 Å². The lowest BCUT2D eigenvalue weighted by molar-refractivity contribution is -0.0455. The van der Waals surface area contributed by atoms with Gasteiger partial charge < -0.3 is 10.1 Å². The second-order valence-corrected chi connectivity index (χ2v) is 6.09. The largest absolute Gasteiger partial charge is 0.374 e. The van der Waals surface area contributed by atoms with Crippen LogP contribution in [0, 0.1) is 5.92 Å². The van der Waals surface area contributed by atoms with Gasteiger partial charge >= 0.3 is 0 Å². The van der Waals surface area contributed by atoms with Gasteiger partial charge in [-0.15, -0.1) is 0 Å². The molecular formula is C15H31N3O. The van der Waals surface area contributed by atoms with Crippen molar-refractivity contribution in [3.8, 4) is 0 Å². The van der Waals surface area contributed by atoms with E-state index in [4.69, 9.17) is 4.74 Å². The molecule has 0 amide bonds. The minimum atomic E-state index is 0.407. The van der Waals surface area contributed by atoms with Crippen LogP contribution < -0.4 is 5.32 Å².